The minimum Gasteiger partial charge on any atom is -0.491 e. The molecule has 0 spiro atoms. The fourth-order valence-electron chi connectivity index (χ4n) is 1.89. The average Bonchev–Trinajstić information content (AvgIpc) is 2.35. The smallest absolute Gasteiger partial charge is 0.119 e. The van der Waals surface area contributed by atoms with Crippen LogP contribution >= 0.6 is 0 Å². The molecule has 0 unspecified atom stereocenters. The number of aryl methyl sites for hydroxylation is 1. The highest BCUT2D eigenvalue weighted by Gasteiger charge is 1.98. The summed E-state index contributed by atoms with van der Waals surface area (Å²) in [5, 5.41) is 3.43. The van der Waals surface area contributed by atoms with Crippen LogP contribution in [0, 0.1) is 0 Å². The first kappa shape index (κ1) is 15.0. The third-order valence-corrected chi connectivity index (χ3v) is 2.79. The second-order valence-corrected chi connectivity index (χ2v) is 5.02. The predicted octanol–water partition coefficient (Wildman–Crippen LogP) is 3.80. The van der Waals surface area contributed by atoms with Crippen molar-refractivity contribution in [3.63, 3.8) is 0 Å². The predicted molar refractivity (Wildman–Crippen MR) is 78.3 cm³/mol. The lowest BCUT2D eigenvalue weighted by molar-refractivity contribution is 0.242. The summed E-state index contributed by atoms with van der Waals surface area (Å²) in [5.74, 6) is 0.971. The molecule has 1 aromatic rings. The number of rotatable bonds is 9. The van der Waals surface area contributed by atoms with Gasteiger partial charge >= 0.3 is 0 Å². The molecule has 2 heteroatoms. The molecule has 1 aromatic carbocycles. The normalized spacial score (nSPS) is 10.9. The Hall–Kier alpha value is -1.02. The third-order valence-electron chi connectivity index (χ3n) is 2.79. The molecule has 0 aliphatic rings. The van der Waals surface area contributed by atoms with Crippen molar-refractivity contribution in [2.24, 2.45) is 0 Å². The monoisotopic (exact) mass is 249 g/mol. The highest BCUT2D eigenvalue weighted by atomic mass is 16.5. The van der Waals surface area contributed by atoms with Gasteiger partial charge in [0.2, 0.25) is 0 Å². The van der Waals surface area contributed by atoms with E-state index in [2.05, 4.69) is 50.4 Å². The number of hydrogen-bond donors (Lipinski definition) is 1. The molecule has 0 heterocycles. The fourth-order valence-corrected chi connectivity index (χ4v) is 1.89. The molecule has 0 saturated heterocycles. The van der Waals surface area contributed by atoms with Gasteiger partial charge in [-0.1, -0.05) is 19.1 Å². The molecule has 0 aliphatic carbocycles. The van der Waals surface area contributed by atoms with E-state index in [1.54, 1.807) is 0 Å². The Kier molecular flexibility index (Phi) is 7.51. The Morgan fingerprint density at radius 1 is 1.06 bits per heavy atom. The van der Waals surface area contributed by atoms with Crippen LogP contribution < -0.4 is 10.1 Å². The first-order valence-corrected chi connectivity index (χ1v) is 7.18. The van der Waals surface area contributed by atoms with Gasteiger partial charge in [-0.2, -0.15) is 0 Å². The zero-order chi connectivity index (χ0) is 13.2. The summed E-state index contributed by atoms with van der Waals surface area (Å²) in [6.45, 7) is 8.59. The summed E-state index contributed by atoms with van der Waals surface area (Å²) in [4.78, 5) is 0. The van der Waals surface area contributed by atoms with Gasteiger partial charge in [0.1, 0.15) is 5.75 Å². The first-order chi connectivity index (χ1) is 8.72. The van der Waals surface area contributed by atoms with Crippen molar-refractivity contribution >= 4 is 0 Å². The van der Waals surface area contributed by atoms with E-state index in [9.17, 15) is 0 Å². The zero-order valence-corrected chi connectivity index (χ0v) is 12.0. The molecule has 1 rings (SSSR count). The summed E-state index contributed by atoms with van der Waals surface area (Å²) < 4.78 is 5.63. The minimum absolute atomic E-state index is 0.250. The maximum absolute atomic E-state index is 5.63. The zero-order valence-electron chi connectivity index (χ0n) is 12.0. The summed E-state index contributed by atoms with van der Waals surface area (Å²) in [5.41, 5.74) is 1.40. The third kappa shape index (κ3) is 6.65. The number of hydrogen-bond acceptors (Lipinski definition) is 2. The molecular formula is C16H27NO. The van der Waals surface area contributed by atoms with Gasteiger partial charge in [-0.15, -0.1) is 0 Å². The molecule has 0 aliphatic heterocycles. The van der Waals surface area contributed by atoms with Crippen LogP contribution in [0.15, 0.2) is 24.3 Å². The maximum atomic E-state index is 5.63. The van der Waals surface area contributed by atoms with Crippen molar-refractivity contribution in [2.75, 3.05) is 13.1 Å². The highest BCUT2D eigenvalue weighted by Crippen LogP contribution is 2.15. The lowest BCUT2D eigenvalue weighted by Gasteiger charge is -2.10. The highest BCUT2D eigenvalue weighted by molar-refractivity contribution is 5.27. The van der Waals surface area contributed by atoms with E-state index in [0.717, 1.165) is 25.3 Å². The Balaban J connectivity index is 2.18. The second-order valence-electron chi connectivity index (χ2n) is 5.02. The van der Waals surface area contributed by atoms with E-state index in [-0.39, 0.29) is 6.10 Å². The molecule has 1 N–H and O–H groups in total. The van der Waals surface area contributed by atoms with E-state index in [0.29, 0.717) is 0 Å². The molecule has 0 aromatic heterocycles. The SMILES string of the molecule is CCCNCCCCc1ccc(OC(C)C)cc1. The molecule has 2 nitrogen and oxygen atoms in total. The number of nitrogens with one attached hydrogen (secondary N) is 1. The maximum Gasteiger partial charge on any atom is 0.119 e. The van der Waals surface area contributed by atoms with Gasteiger partial charge in [-0.3, -0.25) is 0 Å². The quantitative estimate of drug-likeness (QED) is 0.672. The van der Waals surface area contributed by atoms with Crippen molar-refractivity contribution < 1.29 is 4.74 Å². The molecule has 0 bridgehead atoms. The summed E-state index contributed by atoms with van der Waals surface area (Å²) in [7, 11) is 0. The van der Waals surface area contributed by atoms with Crippen molar-refractivity contribution in [3.8, 4) is 5.75 Å². The van der Waals surface area contributed by atoms with Crippen molar-refractivity contribution in [1.82, 2.24) is 5.32 Å². The van der Waals surface area contributed by atoms with Crippen LogP contribution in [0.25, 0.3) is 0 Å². The van der Waals surface area contributed by atoms with Gasteiger partial charge in [0.25, 0.3) is 0 Å². The van der Waals surface area contributed by atoms with E-state index >= 15 is 0 Å². The minimum atomic E-state index is 0.250. The number of benzene rings is 1. The van der Waals surface area contributed by atoms with Crippen LogP contribution in [0.3, 0.4) is 0 Å². The Labute approximate surface area is 112 Å². The van der Waals surface area contributed by atoms with Gasteiger partial charge in [-0.05, 0) is 70.3 Å². The Morgan fingerprint density at radius 3 is 2.39 bits per heavy atom. The second kappa shape index (κ2) is 8.98. The standard InChI is InChI=1S/C16H27NO/c1-4-12-17-13-6-5-7-15-8-10-16(11-9-15)18-14(2)3/h8-11,14,17H,4-7,12-13H2,1-3H3. The van der Waals surface area contributed by atoms with E-state index in [1.165, 1.54) is 24.8 Å². The van der Waals surface area contributed by atoms with Gasteiger partial charge in [0, 0.05) is 0 Å². The van der Waals surface area contributed by atoms with Crippen molar-refractivity contribution in [2.45, 2.75) is 52.6 Å². The number of unbranched alkanes of at least 4 members (excludes halogenated alkanes) is 1. The summed E-state index contributed by atoms with van der Waals surface area (Å²) in [6.07, 6.45) is 5.14. The van der Waals surface area contributed by atoms with Crippen LogP contribution in [0.1, 0.15) is 45.6 Å². The van der Waals surface area contributed by atoms with Gasteiger partial charge in [0.15, 0.2) is 0 Å². The summed E-state index contributed by atoms with van der Waals surface area (Å²) in [6, 6.07) is 8.50. The molecule has 102 valence electrons. The largest absolute Gasteiger partial charge is 0.491 e. The van der Waals surface area contributed by atoms with Crippen molar-refractivity contribution in [1.29, 1.82) is 0 Å². The van der Waals surface area contributed by atoms with Crippen LogP contribution in [0.2, 0.25) is 0 Å². The Bertz CT molecular complexity index is 305. The lowest BCUT2D eigenvalue weighted by Crippen LogP contribution is -2.15. The molecule has 0 radical (unpaired) electrons. The van der Waals surface area contributed by atoms with Crippen LogP contribution in [0.5, 0.6) is 5.75 Å². The van der Waals surface area contributed by atoms with Crippen LogP contribution in [-0.2, 0) is 6.42 Å². The van der Waals surface area contributed by atoms with Gasteiger partial charge < -0.3 is 10.1 Å². The Morgan fingerprint density at radius 2 is 1.78 bits per heavy atom. The average molecular weight is 249 g/mol. The molecule has 0 atom stereocenters. The lowest BCUT2D eigenvalue weighted by atomic mass is 10.1. The molecule has 0 amide bonds. The van der Waals surface area contributed by atoms with Gasteiger partial charge in [-0.25, -0.2) is 0 Å². The van der Waals surface area contributed by atoms with Crippen molar-refractivity contribution in [3.05, 3.63) is 29.8 Å². The van der Waals surface area contributed by atoms with Crippen LogP contribution in [0.4, 0.5) is 0 Å². The summed E-state index contributed by atoms with van der Waals surface area (Å²) >= 11 is 0. The van der Waals surface area contributed by atoms with E-state index in [1.807, 2.05) is 0 Å². The fraction of sp³-hybridized carbons (Fsp3) is 0.625. The van der Waals surface area contributed by atoms with E-state index in [4.69, 9.17) is 4.74 Å². The number of ether oxygens (including phenoxy) is 1. The van der Waals surface area contributed by atoms with E-state index < -0.39 is 0 Å². The van der Waals surface area contributed by atoms with Crippen LogP contribution in [-0.4, -0.2) is 19.2 Å². The first-order valence-electron chi connectivity index (χ1n) is 7.18. The van der Waals surface area contributed by atoms with Gasteiger partial charge in [0.05, 0.1) is 6.10 Å². The molecule has 0 fully saturated rings. The molecule has 18 heavy (non-hydrogen) atoms. The molecular weight excluding hydrogens is 222 g/mol. The molecule has 0 saturated carbocycles. The topological polar surface area (TPSA) is 21.3 Å².